The SMILES string of the molecule is C=C(C(=O)c1ccc(S(=O)(=O)Nc2ncccn2)cc1)c1cc(-c2cccs2)c(OC)cc1OC. The zero-order valence-corrected chi connectivity index (χ0v) is 20.5. The Kier molecular flexibility index (Phi) is 6.94. The number of sulfonamides is 1. The molecular weight excluding hydrogens is 486 g/mol. The lowest BCUT2D eigenvalue weighted by Crippen LogP contribution is -2.15. The van der Waals surface area contributed by atoms with E-state index in [2.05, 4.69) is 21.3 Å². The van der Waals surface area contributed by atoms with Gasteiger partial charge in [0.2, 0.25) is 5.95 Å². The summed E-state index contributed by atoms with van der Waals surface area (Å²) in [6, 6.07) is 14.5. The zero-order valence-electron chi connectivity index (χ0n) is 18.9. The lowest BCUT2D eigenvalue weighted by atomic mass is 9.95. The van der Waals surface area contributed by atoms with Gasteiger partial charge in [-0.05, 0) is 47.8 Å². The molecule has 4 rings (SSSR count). The van der Waals surface area contributed by atoms with Gasteiger partial charge in [-0.3, -0.25) is 4.79 Å². The predicted molar refractivity (Wildman–Crippen MR) is 136 cm³/mol. The lowest BCUT2D eigenvalue weighted by molar-refractivity contribution is 0.105. The van der Waals surface area contributed by atoms with Crippen molar-refractivity contribution < 1.29 is 22.7 Å². The molecule has 8 nitrogen and oxygen atoms in total. The number of hydrogen-bond donors (Lipinski definition) is 1. The summed E-state index contributed by atoms with van der Waals surface area (Å²) in [6.45, 7) is 4.00. The first-order valence-electron chi connectivity index (χ1n) is 10.3. The number of ether oxygens (including phenoxy) is 2. The number of hydrogen-bond acceptors (Lipinski definition) is 8. The number of rotatable bonds is 9. The van der Waals surface area contributed by atoms with E-state index < -0.39 is 10.0 Å². The largest absolute Gasteiger partial charge is 0.496 e. The molecule has 0 amide bonds. The summed E-state index contributed by atoms with van der Waals surface area (Å²) >= 11 is 1.54. The van der Waals surface area contributed by atoms with Crippen molar-refractivity contribution in [3.05, 3.63) is 90.1 Å². The smallest absolute Gasteiger partial charge is 0.264 e. The van der Waals surface area contributed by atoms with Crippen molar-refractivity contribution in [2.45, 2.75) is 4.90 Å². The fraction of sp³-hybridized carbons (Fsp3) is 0.0800. The third kappa shape index (κ3) is 5.08. The van der Waals surface area contributed by atoms with E-state index in [4.69, 9.17) is 9.47 Å². The van der Waals surface area contributed by atoms with Gasteiger partial charge in [0.05, 0.1) is 19.1 Å². The van der Waals surface area contributed by atoms with Crippen LogP contribution in [0.3, 0.4) is 0 Å². The van der Waals surface area contributed by atoms with Crippen LogP contribution < -0.4 is 14.2 Å². The number of ketones is 1. The number of benzene rings is 2. The van der Waals surface area contributed by atoms with Gasteiger partial charge in [0, 0.05) is 45.6 Å². The van der Waals surface area contributed by atoms with Crippen molar-refractivity contribution in [1.82, 2.24) is 9.97 Å². The highest BCUT2D eigenvalue weighted by Crippen LogP contribution is 2.40. The van der Waals surface area contributed by atoms with Crippen LogP contribution in [0.1, 0.15) is 15.9 Å². The molecule has 178 valence electrons. The Labute approximate surface area is 207 Å². The molecule has 0 aliphatic rings. The second-order valence-corrected chi connectivity index (χ2v) is 9.87. The van der Waals surface area contributed by atoms with E-state index >= 15 is 0 Å². The molecule has 2 aromatic carbocycles. The third-order valence-corrected chi connectivity index (χ3v) is 7.37. The first kappa shape index (κ1) is 24.1. The number of methoxy groups -OCH3 is 2. The molecule has 0 fully saturated rings. The predicted octanol–water partition coefficient (Wildman–Crippen LogP) is 4.92. The summed E-state index contributed by atoms with van der Waals surface area (Å²) < 4.78 is 38.5. The van der Waals surface area contributed by atoms with Crippen LogP contribution in [0.4, 0.5) is 5.95 Å². The summed E-state index contributed by atoms with van der Waals surface area (Å²) in [5.41, 5.74) is 1.80. The van der Waals surface area contributed by atoms with Crippen molar-refractivity contribution in [1.29, 1.82) is 0 Å². The van der Waals surface area contributed by atoms with E-state index in [9.17, 15) is 13.2 Å². The molecule has 0 unspecified atom stereocenters. The van der Waals surface area contributed by atoms with E-state index in [0.29, 0.717) is 17.1 Å². The fourth-order valence-electron chi connectivity index (χ4n) is 3.37. The fourth-order valence-corrected chi connectivity index (χ4v) is 5.08. The Morgan fingerprint density at radius 2 is 1.66 bits per heavy atom. The number of aromatic nitrogens is 2. The quantitative estimate of drug-likeness (QED) is 0.253. The topological polar surface area (TPSA) is 107 Å². The summed E-state index contributed by atoms with van der Waals surface area (Å²) in [5.74, 6) is 0.632. The van der Waals surface area contributed by atoms with Crippen molar-refractivity contribution in [2.75, 3.05) is 18.9 Å². The minimum absolute atomic E-state index is 0.0332. The maximum absolute atomic E-state index is 13.2. The van der Waals surface area contributed by atoms with Crippen LogP contribution in [-0.2, 0) is 10.0 Å². The normalized spacial score (nSPS) is 11.0. The van der Waals surface area contributed by atoms with Crippen LogP contribution in [0.15, 0.2) is 83.8 Å². The van der Waals surface area contributed by atoms with E-state index in [1.54, 1.807) is 30.6 Å². The van der Waals surface area contributed by atoms with Crippen LogP contribution >= 0.6 is 11.3 Å². The molecule has 0 aliphatic heterocycles. The highest BCUT2D eigenvalue weighted by Gasteiger charge is 2.21. The number of nitrogens with zero attached hydrogens (tertiary/aromatic N) is 2. The monoisotopic (exact) mass is 507 g/mol. The summed E-state index contributed by atoms with van der Waals surface area (Å²) in [6.07, 6.45) is 2.85. The first-order chi connectivity index (χ1) is 16.8. The Morgan fingerprint density at radius 1 is 0.971 bits per heavy atom. The molecule has 0 saturated carbocycles. The standard InChI is InChI=1S/C25H21N3O5S2/c1-16(19-14-20(23-6-4-13-34-23)22(33-3)15-21(19)32-2)24(29)17-7-9-18(10-8-17)35(30,31)28-25-26-11-5-12-27-25/h4-15H,1H2,2-3H3,(H,26,27,28). The first-order valence-corrected chi connectivity index (χ1v) is 12.6. The average Bonchev–Trinajstić information content (AvgIpc) is 3.42. The molecule has 1 N–H and O–H groups in total. The zero-order chi connectivity index (χ0) is 25.0. The minimum atomic E-state index is -3.92. The molecule has 0 aliphatic carbocycles. The van der Waals surface area contributed by atoms with Crippen LogP contribution in [-0.4, -0.2) is 38.4 Å². The van der Waals surface area contributed by atoms with E-state index in [0.717, 1.165) is 10.4 Å². The summed E-state index contributed by atoms with van der Waals surface area (Å²) in [7, 11) is -0.845. The molecule has 0 radical (unpaired) electrons. The molecule has 0 bridgehead atoms. The van der Waals surface area contributed by atoms with Crippen molar-refractivity contribution in [2.24, 2.45) is 0 Å². The van der Waals surface area contributed by atoms with E-state index in [1.165, 1.54) is 43.8 Å². The highest BCUT2D eigenvalue weighted by atomic mass is 32.2. The maximum atomic E-state index is 13.2. The van der Waals surface area contributed by atoms with Gasteiger partial charge in [-0.25, -0.2) is 23.1 Å². The Bertz CT molecular complexity index is 1470. The highest BCUT2D eigenvalue weighted by molar-refractivity contribution is 7.92. The lowest BCUT2D eigenvalue weighted by Gasteiger charge is -2.15. The van der Waals surface area contributed by atoms with Gasteiger partial charge in [0.1, 0.15) is 11.5 Å². The number of carbonyl (C=O) groups is 1. The van der Waals surface area contributed by atoms with Crippen LogP contribution in [0.2, 0.25) is 0 Å². The molecule has 2 heterocycles. The Balaban J connectivity index is 1.62. The van der Waals surface area contributed by atoms with E-state index in [-0.39, 0.29) is 27.8 Å². The maximum Gasteiger partial charge on any atom is 0.264 e. The van der Waals surface area contributed by atoms with Gasteiger partial charge < -0.3 is 9.47 Å². The molecule has 0 saturated heterocycles. The van der Waals surface area contributed by atoms with Gasteiger partial charge in [-0.15, -0.1) is 11.3 Å². The Hall–Kier alpha value is -4.02. The summed E-state index contributed by atoms with van der Waals surface area (Å²) in [5, 5.41) is 1.95. The van der Waals surface area contributed by atoms with Crippen molar-refractivity contribution in [3.8, 4) is 21.9 Å². The van der Waals surface area contributed by atoms with Crippen LogP contribution in [0.25, 0.3) is 16.0 Å². The average molecular weight is 508 g/mol. The second kappa shape index (κ2) is 10.1. The molecule has 35 heavy (non-hydrogen) atoms. The number of Topliss-reactive ketones (excluding diaryl/α,β-unsaturated/α-hetero) is 1. The van der Waals surface area contributed by atoms with Crippen LogP contribution in [0.5, 0.6) is 11.5 Å². The molecule has 0 atom stereocenters. The number of allylic oxidation sites excluding steroid dienone is 1. The number of anilines is 1. The molecular formula is C25H21N3O5S2. The molecule has 4 aromatic rings. The van der Waals surface area contributed by atoms with Crippen molar-refractivity contribution in [3.63, 3.8) is 0 Å². The van der Waals surface area contributed by atoms with Crippen LogP contribution in [0, 0.1) is 0 Å². The number of thiophene rings is 1. The third-order valence-electron chi connectivity index (χ3n) is 5.13. The van der Waals surface area contributed by atoms with Gasteiger partial charge in [-0.2, -0.15) is 0 Å². The number of nitrogens with one attached hydrogen (secondary N) is 1. The van der Waals surface area contributed by atoms with E-state index in [1.807, 2.05) is 23.6 Å². The molecule has 2 aromatic heterocycles. The second-order valence-electron chi connectivity index (χ2n) is 7.24. The van der Waals surface area contributed by atoms with Gasteiger partial charge in [0.15, 0.2) is 5.78 Å². The molecule has 0 spiro atoms. The summed E-state index contributed by atoms with van der Waals surface area (Å²) in [4.78, 5) is 21.9. The minimum Gasteiger partial charge on any atom is -0.496 e. The Morgan fingerprint density at radius 3 is 2.26 bits per heavy atom. The van der Waals surface area contributed by atoms with Gasteiger partial charge in [0.25, 0.3) is 10.0 Å². The molecule has 10 heteroatoms. The van der Waals surface area contributed by atoms with Gasteiger partial charge in [-0.1, -0.05) is 12.6 Å². The van der Waals surface area contributed by atoms with Gasteiger partial charge >= 0.3 is 0 Å². The van der Waals surface area contributed by atoms with Crippen molar-refractivity contribution >= 4 is 38.7 Å². The number of carbonyl (C=O) groups excluding carboxylic acids is 1.